The predicted octanol–water partition coefficient (Wildman–Crippen LogP) is 2.96. The lowest BCUT2D eigenvalue weighted by molar-refractivity contribution is -0.119. The summed E-state index contributed by atoms with van der Waals surface area (Å²) < 4.78 is 5.33. The van der Waals surface area contributed by atoms with Gasteiger partial charge in [-0.1, -0.05) is 18.2 Å². The van der Waals surface area contributed by atoms with Crippen molar-refractivity contribution in [3.05, 3.63) is 48.5 Å². The van der Waals surface area contributed by atoms with E-state index in [-0.39, 0.29) is 5.91 Å². The van der Waals surface area contributed by atoms with Crippen LogP contribution in [0.2, 0.25) is 0 Å². The molecule has 1 amide bonds. The van der Waals surface area contributed by atoms with Gasteiger partial charge >= 0.3 is 0 Å². The Morgan fingerprint density at radius 1 is 1.04 bits per heavy atom. The van der Waals surface area contributed by atoms with Crippen molar-refractivity contribution < 1.29 is 9.53 Å². The monoisotopic (exact) mass is 383 g/mol. The third-order valence-corrected chi connectivity index (χ3v) is 6.22. The molecule has 4 rings (SSSR count). The van der Waals surface area contributed by atoms with Crippen LogP contribution in [-0.2, 0) is 4.79 Å². The lowest BCUT2D eigenvalue weighted by Crippen LogP contribution is -2.50. The predicted molar refractivity (Wildman–Crippen MR) is 111 cm³/mol. The molecule has 0 spiro atoms. The second-order valence-electron chi connectivity index (χ2n) is 6.83. The van der Waals surface area contributed by atoms with E-state index in [9.17, 15) is 4.79 Å². The van der Waals surface area contributed by atoms with Crippen molar-refractivity contribution in [2.24, 2.45) is 0 Å². The molecule has 0 aliphatic carbocycles. The number of hydrogen-bond acceptors (Lipinski definition) is 5. The van der Waals surface area contributed by atoms with E-state index in [1.165, 1.54) is 10.6 Å². The highest BCUT2D eigenvalue weighted by Crippen LogP contribution is 2.34. The maximum absolute atomic E-state index is 12.9. The number of amides is 1. The zero-order valence-electron chi connectivity index (χ0n) is 15.6. The Bertz CT molecular complexity index is 806. The van der Waals surface area contributed by atoms with Crippen LogP contribution >= 0.6 is 11.8 Å². The molecule has 0 atom stereocenters. The van der Waals surface area contributed by atoms with E-state index in [4.69, 9.17) is 4.74 Å². The summed E-state index contributed by atoms with van der Waals surface area (Å²) >= 11 is 1.83. The first-order valence-corrected chi connectivity index (χ1v) is 10.4. The van der Waals surface area contributed by atoms with Crippen molar-refractivity contribution in [3.8, 4) is 5.75 Å². The van der Waals surface area contributed by atoms with Crippen LogP contribution in [0.25, 0.3) is 0 Å². The van der Waals surface area contributed by atoms with Crippen LogP contribution in [0.3, 0.4) is 0 Å². The molecule has 0 N–H and O–H groups in total. The van der Waals surface area contributed by atoms with E-state index in [0.29, 0.717) is 6.54 Å². The van der Waals surface area contributed by atoms with Crippen LogP contribution in [0.1, 0.15) is 0 Å². The molecule has 2 aliphatic rings. The third-order valence-electron chi connectivity index (χ3n) is 5.18. The number of ether oxygens (including phenoxy) is 1. The summed E-state index contributed by atoms with van der Waals surface area (Å²) in [7, 11) is 1.69. The first-order chi connectivity index (χ1) is 13.2. The molecule has 1 saturated heterocycles. The first kappa shape index (κ1) is 18.2. The standard InChI is InChI=1S/C21H25N3O2S/c1-26-18-6-4-5-17(15-18)23-11-9-22(10-12-23)16-21(25)24-13-14-27-20-8-3-2-7-19(20)24/h2-8,15H,9-14,16H2,1H3. The normalized spacial score (nSPS) is 17.5. The first-order valence-electron chi connectivity index (χ1n) is 9.38. The number of anilines is 2. The molecule has 0 bridgehead atoms. The number of carbonyl (C=O) groups excluding carboxylic acids is 1. The number of hydrogen-bond donors (Lipinski definition) is 0. The van der Waals surface area contributed by atoms with E-state index in [1.54, 1.807) is 7.11 Å². The van der Waals surface area contributed by atoms with Crippen LogP contribution in [0, 0.1) is 0 Å². The summed E-state index contributed by atoms with van der Waals surface area (Å²) in [5, 5.41) is 0. The summed E-state index contributed by atoms with van der Waals surface area (Å²) in [4.78, 5) is 20.7. The number of nitrogens with zero attached hydrogens (tertiary/aromatic N) is 3. The molecule has 2 aromatic carbocycles. The van der Waals surface area contributed by atoms with Gasteiger partial charge in [-0.2, -0.15) is 0 Å². The molecule has 0 unspecified atom stereocenters. The van der Waals surface area contributed by atoms with Gasteiger partial charge in [-0.15, -0.1) is 11.8 Å². The molecular weight excluding hydrogens is 358 g/mol. The molecule has 0 aromatic heterocycles. The maximum atomic E-state index is 12.9. The Kier molecular flexibility index (Phi) is 5.55. The highest BCUT2D eigenvalue weighted by atomic mass is 32.2. The Balaban J connectivity index is 1.35. The quantitative estimate of drug-likeness (QED) is 0.811. The molecule has 5 nitrogen and oxygen atoms in total. The van der Waals surface area contributed by atoms with E-state index in [2.05, 4.69) is 34.1 Å². The largest absolute Gasteiger partial charge is 0.497 e. The van der Waals surface area contributed by atoms with Crippen LogP contribution < -0.4 is 14.5 Å². The van der Waals surface area contributed by atoms with Gasteiger partial charge in [0.05, 0.1) is 19.3 Å². The molecule has 2 aromatic rings. The number of fused-ring (bicyclic) bond motifs is 1. The zero-order valence-corrected chi connectivity index (χ0v) is 16.5. The van der Waals surface area contributed by atoms with Gasteiger partial charge < -0.3 is 14.5 Å². The van der Waals surface area contributed by atoms with Gasteiger partial charge in [-0.05, 0) is 24.3 Å². The van der Waals surface area contributed by atoms with Crippen molar-refractivity contribution in [3.63, 3.8) is 0 Å². The van der Waals surface area contributed by atoms with Gasteiger partial charge in [0.15, 0.2) is 0 Å². The molecular formula is C21H25N3O2S. The number of methoxy groups -OCH3 is 1. The van der Waals surface area contributed by atoms with Gasteiger partial charge in [0.25, 0.3) is 0 Å². The van der Waals surface area contributed by atoms with Gasteiger partial charge in [0, 0.05) is 55.1 Å². The number of para-hydroxylation sites is 1. The van der Waals surface area contributed by atoms with Gasteiger partial charge in [-0.25, -0.2) is 0 Å². The molecule has 2 heterocycles. The number of piperazine rings is 1. The molecule has 2 aliphatic heterocycles. The Morgan fingerprint density at radius 3 is 2.67 bits per heavy atom. The van der Waals surface area contributed by atoms with Crippen molar-refractivity contribution >= 4 is 29.0 Å². The van der Waals surface area contributed by atoms with Crippen molar-refractivity contribution in [1.82, 2.24) is 4.90 Å². The van der Waals surface area contributed by atoms with Gasteiger partial charge in [-0.3, -0.25) is 9.69 Å². The second kappa shape index (κ2) is 8.23. The second-order valence-corrected chi connectivity index (χ2v) is 7.96. The summed E-state index contributed by atoms with van der Waals surface area (Å²) in [6.07, 6.45) is 0. The Morgan fingerprint density at radius 2 is 1.85 bits per heavy atom. The van der Waals surface area contributed by atoms with Crippen LogP contribution in [0.4, 0.5) is 11.4 Å². The van der Waals surface area contributed by atoms with Gasteiger partial charge in [0.2, 0.25) is 5.91 Å². The van der Waals surface area contributed by atoms with E-state index < -0.39 is 0 Å². The van der Waals surface area contributed by atoms with E-state index in [0.717, 1.165) is 49.9 Å². The SMILES string of the molecule is COc1cccc(N2CCN(CC(=O)N3CCSc4ccccc43)CC2)c1. The summed E-state index contributed by atoms with van der Waals surface area (Å²) in [5.41, 5.74) is 2.25. The average molecular weight is 384 g/mol. The highest BCUT2D eigenvalue weighted by molar-refractivity contribution is 7.99. The minimum atomic E-state index is 0.206. The molecule has 142 valence electrons. The van der Waals surface area contributed by atoms with Crippen molar-refractivity contribution in [2.75, 3.05) is 61.9 Å². The number of thioether (sulfide) groups is 1. The Labute approximate surface area is 164 Å². The molecule has 6 heteroatoms. The third kappa shape index (κ3) is 4.06. The summed E-state index contributed by atoms with van der Waals surface area (Å²) in [6, 6.07) is 16.4. The number of rotatable bonds is 4. The summed E-state index contributed by atoms with van der Waals surface area (Å²) in [6.45, 7) is 4.93. The minimum Gasteiger partial charge on any atom is -0.497 e. The molecule has 27 heavy (non-hydrogen) atoms. The summed E-state index contributed by atoms with van der Waals surface area (Å²) in [5.74, 6) is 2.05. The highest BCUT2D eigenvalue weighted by Gasteiger charge is 2.26. The molecule has 0 radical (unpaired) electrons. The van der Waals surface area contributed by atoms with Crippen LogP contribution in [0.15, 0.2) is 53.4 Å². The van der Waals surface area contributed by atoms with Crippen LogP contribution in [0.5, 0.6) is 5.75 Å². The lowest BCUT2D eigenvalue weighted by atomic mass is 10.2. The lowest BCUT2D eigenvalue weighted by Gasteiger charge is -2.37. The fourth-order valence-electron chi connectivity index (χ4n) is 3.68. The smallest absolute Gasteiger partial charge is 0.241 e. The van der Waals surface area contributed by atoms with E-state index >= 15 is 0 Å². The van der Waals surface area contributed by atoms with Crippen LogP contribution in [-0.4, -0.2) is 62.9 Å². The van der Waals surface area contributed by atoms with Crippen molar-refractivity contribution in [1.29, 1.82) is 0 Å². The fraction of sp³-hybridized carbons (Fsp3) is 0.381. The zero-order chi connectivity index (χ0) is 18.6. The average Bonchev–Trinajstić information content (AvgIpc) is 2.74. The fourth-order valence-corrected chi connectivity index (χ4v) is 4.67. The maximum Gasteiger partial charge on any atom is 0.241 e. The Hall–Kier alpha value is -2.18. The number of benzene rings is 2. The topological polar surface area (TPSA) is 36.0 Å². The molecule has 1 fully saturated rings. The molecule has 0 saturated carbocycles. The van der Waals surface area contributed by atoms with E-state index in [1.807, 2.05) is 40.9 Å². The van der Waals surface area contributed by atoms with Crippen molar-refractivity contribution in [2.45, 2.75) is 4.90 Å². The number of carbonyl (C=O) groups is 1. The van der Waals surface area contributed by atoms with Gasteiger partial charge in [0.1, 0.15) is 5.75 Å². The minimum absolute atomic E-state index is 0.206.